The van der Waals surface area contributed by atoms with Crippen LogP contribution in [0.25, 0.3) is 0 Å². The summed E-state index contributed by atoms with van der Waals surface area (Å²) in [7, 11) is 1.63. The lowest BCUT2D eigenvalue weighted by atomic mass is 10.1. The van der Waals surface area contributed by atoms with Gasteiger partial charge in [0.15, 0.2) is 0 Å². The topological polar surface area (TPSA) is 78.3 Å². The number of carbonyl (C=O) groups excluding carboxylic acids is 1. The van der Waals surface area contributed by atoms with E-state index >= 15 is 0 Å². The lowest BCUT2D eigenvalue weighted by molar-refractivity contribution is -0.133. The van der Waals surface area contributed by atoms with Crippen LogP contribution in [0.3, 0.4) is 0 Å². The molecule has 1 aromatic heterocycles. The first-order valence-electron chi connectivity index (χ1n) is 8.50. The number of aryl methyl sites for hydroxylation is 2. The molecule has 1 aliphatic heterocycles. The molecule has 0 bridgehead atoms. The summed E-state index contributed by atoms with van der Waals surface area (Å²) in [5.74, 6) is 2.56. The molecule has 0 unspecified atom stereocenters. The predicted octanol–water partition coefficient (Wildman–Crippen LogP) is 1.63. The fourth-order valence-corrected chi connectivity index (χ4v) is 2.96. The number of nitrogens with one attached hydrogen (secondary N) is 1. The molecule has 1 aromatic carbocycles. The molecule has 7 nitrogen and oxygen atoms in total. The van der Waals surface area contributed by atoms with Crippen molar-refractivity contribution < 1.29 is 14.3 Å². The fraction of sp³-hybridized carbons (Fsp3) is 0.500. The van der Waals surface area contributed by atoms with Crippen LogP contribution < -0.4 is 10.1 Å². The predicted molar refractivity (Wildman–Crippen MR) is 92.3 cm³/mol. The van der Waals surface area contributed by atoms with Crippen LogP contribution in [0.5, 0.6) is 5.75 Å². The van der Waals surface area contributed by atoms with Crippen molar-refractivity contribution in [3.05, 3.63) is 41.5 Å². The number of fused-ring (bicyclic) bond motifs is 1. The SMILES string of the molecule is COc1cccc(CO[C@@H](C)C(=O)N[C@H]2CCc3nnc(C)n3C2)c1. The van der Waals surface area contributed by atoms with Gasteiger partial charge in [-0.05, 0) is 38.0 Å². The van der Waals surface area contributed by atoms with Gasteiger partial charge in [-0.1, -0.05) is 12.1 Å². The van der Waals surface area contributed by atoms with Crippen LogP contribution in [0.1, 0.15) is 30.6 Å². The van der Waals surface area contributed by atoms with Crippen LogP contribution in [0.15, 0.2) is 24.3 Å². The average molecular weight is 344 g/mol. The molecule has 0 aliphatic carbocycles. The minimum absolute atomic E-state index is 0.0811. The van der Waals surface area contributed by atoms with Gasteiger partial charge in [-0.15, -0.1) is 10.2 Å². The molecule has 2 atom stereocenters. The molecule has 1 amide bonds. The Bertz CT molecular complexity index is 744. The number of methoxy groups -OCH3 is 1. The number of carbonyl (C=O) groups is 1. The number of amides is 1. The summed E-state index contributed by atoms with van der Waals surface area (Å²) in [5.41, 5.74) is 0.974. The first-order valence-corrected chi connectivity index (χ1v) is 8.50. The summed E-state index contributed by atoms with van der Waals surface area (Å²) in [4.78, 5) is 12.4. The van der Waals surface area contributed by atoms with Gasteiger partial charge in [0, 0.05) is 19.0 Å². The van der Waals surface area contributed by atoms with Gasteiger partial charge in [-0.3, -0.25) is 4.79 Å². The van der Waals surface area contributed by atoms with E-state index in [0.29, 0.717) is 13.2 Å². The second-order valence-corrected chi connectivity index (χ2v) is 6.32. The van der Waals surface area contributed by atoms with E-state index in [0.717, 1.165) is 35.8 Å². The zero-order valence-corrected chi connectivity index (χ0v) is 14.9. The van der Waals surface area contributed by atoms with Crippen LogP contribution >= 0.6 is 0 Å². The van der Waals surface area contributed by atoms with Crippen molar-refractivity contribution in [2.24, 2.45) is 0 Å². The molecule has 0 saturated carbocycles. The monoisotopic (exact) mass is 344 g/mol. The Morgan fingerprint density at radius 3 is 3.08 bits per heavy atom. The van der Waals surface area contributed by atoms with Gasteiger partial charge in [-0.2, -0.15) is 0 Å². The molecule has 0 radical (unpaired) electrons. The van der Waals surface area contributed by atoms with Gasteiger partial charge >= 0.3 is 0 Å². The molecule has 2 heterocycles. The highest BCUT2D eigenvalue weighted by molar-refractivity contribution is 5.80. The maximum Gasteiger partial charge on any atom is 0.249 e. The summed E-state index contributed by atoms with van der Waals surface area (Å²) < 4.78 is 13.0. The largest absolute Gasteiger partial charge is 0.497 e. The standard InChI is InChI=1S/C18H24N4O3/c1-12(25-11-14-5-4-6-16(9-14)24-3)18(23)19-15-7-8-17-21-20-13(2)22(17)10-15/h4-6,9,12,15H,7-8,10-11H2,1-3H3,(H,19,23)/t12-,15-/m0/s1. The average Bonchev–Trinajstić information content (AvgIpc) is 3.00. The second-order valence-electron chi connectivity index (χ2n) is 6.32. The molecule has 3 rings (SSSR count). The van der Waals surface area contributed by atoms with E-state index in [2.05, 4.69) is 20.1 Å². The molecule has 0 spiro atoms. The Morgan fingerprint density at radius 2 is 2.28 bits per heavy atom. The zero-order chi connectivity index (χ0) is 17.8. The van der Waals surface area contributed by atoms with Crippen LogP contribution in [0.4, 0.5) is 0 Å². The Morgan fingerprint density at radius 1 is 1.44 bits per heavy atom. The Balaban J connectivity index is 1.50. The van der Waals surface area contributed by atoms with E-state index in [4.69, 9.17) is 9.47 Å². The van der Waals surface area contributed by atoms with Gasteiger partial charge in [0.1, 0.15) is 23.5 Å². The number of nitrogens with zero attached hydrogens (tertiary/aromatic N) is 3. The first-order chi connectivity index (χ1) is 12.1. The molecule has 0 saturated heterocycles. The molecule has 0 fully saturated rings. The summed E-state index contributed by atoms with van der Waals surface area (Å²) in [6.45, 7) is 4.78. The smallest absolute Gasteiger partial charge is 0.249 e. The molecular weight excluding hydrogens is 320 g/mol. The van der Waals surface area contributed by atoms with Crippen molar-refractivity contribution in [1.82, 2.24) is 20.1 Å². The van der Waals surface area contributed by atoms with E-state index in [1.165, 1.54) is 0 Å². The number of benzene rings is 1. The van der Waals surface area contributed by atoms with E-state index < -0.39 is 6.10 Å². The second kappa shape index (κ2) is 7.65. The molecule has 25 heavy (non-hydrogen) atoms. The minimum atomic E-state index is -0.519. The third-order valence-corrected chi connectivity index (χ3v) is 4.48. The van der Waals surface area contributed by atoms with Crippen molar-refractivity contribution in [3.63, 3.8) is 0 Å². The van der Waals surface area contributed by atoms with E-state index in [-0.39, 0.29) is 11.9 Å². The third-order valence-electron chi connectivity index (χ3n) is 4.48. The van der Waals surface area contributed by atoms with Crippen molar-refractivity contribution >= 4 is 5.91 Å². The highest BCUT2D eigenvalue weighted by Gasteiger charge is 2.24. The van der Waals surface area contributed by atoms with Gasteiger partial charge in [-0.25, -0.2) is 0 Å². The van der Waals surface area contributed by atoms with E-state index in [1.54, 1.807) is 14.0 Å². The lowest BCUT2D eigenvalue weighted by Crippen LogP contribution is -2.45. The van der Waals surface area contributed by atoms with Crippen molar-refractivity contribution in [1.29, 1.82) is 0 Å². The maximum absolute atomic E-state index is 12.4. The molecule has 1 aliphatic rings. The van der Waals surface area contributed by atoms with E-state index in [9.17, 15) is 4.79 Å². The van der Waals surface area contributed by atoms with Crippen molar-refractivity contribution in [2.75, 3.05) is 7.11 Å². The number of rotatable bonds is 6. The third kappa shape index (κ3) is 4.17. The Kier molecular flexibility index (Phi) is 5.33. The molecular formula is C18H24N4O3. The fourth-order valence-electron chi connectivity index (χ4n) is 2.96. The van der Waals surface area contributed by atoms with Crippen LogP contribution in [0, 0.1) is 6.92 Å². The number of hydrogen-bond acceptors (Lipinski definition) is 5. The van der Waals surface area contributed by atoms with Crippen molar-refractivity contribution in [2.45, 2.75) is 52.0 Å². The quantitative estimate of drug-likeness (QED) is 0.862. The van der Waals surface area contributed by atoms with Crippen LogP contribution in [-0.4, -0.2) is 39.9 Å². The molecule has 134 valence electrons. The lowest BCUT2D eigenvalue weighted by Gasteiger charge is -2.26. The molecule has 1 N–H and O–H groups in total. The van der Waals surface area contributed by atoms with Crippen LogP contribution in [-0.2, 0) is 29.1 Å². The maximum atomic E-state index is 12.4. The number of hydrogen-bond donors (Lipinski definition) is 1. The summed E-state index contributed by atoms with van der Waals surface area (Å²) in [6, 6.07) is 7.72. The zero-order valence-electron chi connectivity index (χ0n) is 14.9. The number of aromatic nitrogens is 3. The number of ether oxygens (including phenoxy) is 2. The van der Waals surface area contributed by atoms with Gasteiger partial charge in [0.05, 0.1) is 13.7 Å². The Labute approximate surface area is 147 Å². The minimum Gasteiger partial charge on any atom is -0.497 e. The summed E-state index contributed by atoms with van der Waals surface area (Å²) in [6.07, 6.45) is 1.17. The highest BCUT2D eigenvalue weighted by atomic mass is 16.5. The van der Waals surface area contributed by atoms with Crippen LogP contribution in [0.2, 0.25) is 0 Å². The first kappa shape index (κ1) is 17.4. The summed E-state index contributed by atoms with van der Waals surface area (Å²) in [5, 5.41) is 11.3. The molecule has 2 aromatic rings. The Hall–Kier alpha value is -2.41. The van der Waals surface area contributed by atoms with E-state index in [1.807, 2.05) is 31.2 Å². The highest BCUT2D eigenvalue weighted by Crippen LogP contribution is 2.16. The van der Waals surface area contributed by atoms with Gasteiger partial charge in [0.25, 0.3) is 0 Å². The molecule has 7 heteroatoms. The normalized spacial score (nSPS) is 17.6. The van der Waals surface area contributed by atoms with Gasteiger partial charge in [0.2, 0.25) is 5.91 Å². The van der Waals surface area contributed by atoms with Crippen molar-refractivity contribution in [3.8, 4) is 5.75 Å². The van der Waals surface area contributed by atoms with Gasteiger partial charge < -0.3 is 19.4 Å². The summed E-state index contributed by atoms with van der Waals surface area (Å²) >= 11 is 0.